The summed E-state index contributed by atoms with van der Waals surface area (Å²) in [6, 6.07) is 12.8. The quantitative estimate of drug-likeness (QED) is 0.342. The van der Waals surface area contributed by atoms with Crippen molar-refractivity contribution in [1.82, 2.24) is 10.3 Å². The molecule has 1 saturated heterocycles. The molecule has 0 bridgehead atoms. The van der Waals surface area contributed by atoms with Gasteiger partial charge < -0.3 is 24.7 Å². The number of nitrogens with one attached hydrogen (secondary N) is 2. The van der Waals surface area contributed by atoms with Crippen molar-refractivity contribution in [1.29, 1.82) is 5.26 Å². The molecule has 7 nitrogen and oxygen atoms in total. The Bertz CT molecular complexity index is 1300. The number of benzene rings is 2. The van der Waals surface area contributed by atoms with E-state index in [1.807, 2.05) is 11.0 Å². The van der Waals surface area contributed by atoms with Crippen molar-refractivity contribution < 1.29 is 26.7 Å². The molecule has 2 N–H and O–H groups in total. The van der Waals surface area contributed by atoms with E-state index >= 15 is 0 Å². The van der Waals surface area contributed by atoms with E-state index in [-0.39, 0.29) is 29.7 Å². The van der Waals surface area contributed by atoms with Crippen LogP contribution in [0.2, 0.25) is 0 Å². The van der Waals surface area contributed by atoms with Gasteiger partial charge >= 0.3 is 6.36 Å². The summed E-state index contributed by atoms with van der Waals surface area (Å²) in [5.74, 6) is -0.249. The Balaban J connectivity index is 1.21. The van der Waals surface area contributed by atoms with Crippen LogP contribution in [0.5, 0.6) is 5.75 Å². The van der Waals surface area contributed by atoms with Gasteiger partial charge in [0.25, 0.3) is 6.01 Å². The van der Waals surface area contributed by atoms with Crippen LogP contribution < -0.4 is 20.3 Å². The number of halogens is 4. The van der Waals surface area contributed by atoms with Gasteiger partial charge in [0.1, 0.15) is 11.6 Å². The summed E-state index contributed by atoms with van der Waals surface area (Å²) >= 11 is 0. The molecule has 1 aliphatic carbocycles. The maximum Gasteiger partial charge on any atom is 0.573 e. The van der Waals surface area contributed by atoms with Gasteiger partial charge in [-0.25, -0.2) is 9.37 Å². The highest BCUT2D eigenvalue weighted by atomic mass is 19.4. The van der Waals surface area contributed by atoms with Crippen molar-refractivity contribution >= 4 is 11.7 Å². The van der Waals surface area contributed by atoms with Crippen LogP contribution in [0.3, 0.4) is 0 Å². The van der Waals surface area contributed by atoms with Gasteiger partial charge in [0, 0.05) is 36.8 Å². The molecule has 3 atom stereocenters. The first-order valence-electron chi connectivity index (χ1n) is 13.1. The summed E-state index contributed by atoms with van der Waals surface area (Å²) in [7, 11) is 0. The highest BCUT2D eigenvalue weighted by molar-refractivity contribution is 5.58. The second-order valence-electron chi connectivity index (χ2n) is 9.97. The second-order valence-corrected chi connectivity index (χ2v) is 9.97. The van der Waals surface area contributed by atoms with Crippen molar-refractivity contribution in [2.24, 2.45) is 0 Å². The van der Waals surface area contributed by atoms with E-state index in [4.69, 9.17) is 9.68 Å². The number of nitriles is 1. The third-order valence-corrected chi connectivity index (χ3v) is 7.24. The second kappa shape index (κ2) is 11.5. The normalized spacial score (nSPS) is 21.8. The van der Waals surface area contributed by atoms with E-state index in [1.165, 1.54) is 30.3 Å². The summed E-state index contributed by atoms with van der Waals surface area (Å²) in [6.07, 6.45) is 2.78. The fourth-order valence-electron chi connectivity index (χ4n) is 5.42. The van der Waals surface area contributed by atoms with Crippen LogP contribution in [-0.4, -0.2) is 42.6 Å². The van der Waals surface area contributed by atoms with Gasteiger partial charge in [0.2, 0.25) is 0 Å². The predicted molar refractivity (Wildman–Crippen MR) is 138 cm³/mol. The molecular formula is C28H29F4N5O2. The first-order chi connectivity index (χ1) is 18.8. The minimum Gasteiger partial charge on any atom is -0.424 e. The Morgan fingerprint density at radius 2 is 1.79 bits per heavy atom. The molecule has 39 heavy (non-hydrogen) atoms. The van der Waals surface area contributed by atoms with Gasteiger partial charge in [-0.3, -0.25) is 0 Å². The maximum atomic E-state index is 14.6. The van der Waals surface area contributed by atoms with E-state index < -0.39 is 6.36 Å². The third-order valence-electron chi connectivity index (χ3n) is 7.24. The number of hydrogen-bond acceptors (Lipinski definition) is 7. The Hall–Kier alpha value is -3.78. The number of piperidine rings is 1. The van der Waals surface area contributed by atoms with Crippen LogP contribution in [0, 0.1) is 17.1 Å². The summed E-state index contributed by atoms with van der Waals surface area (Å²) < 4.78 is 61.7. The average Bonchev–Trinajstić information content (AvgIpc) is 3.38. The molecule has 2 aromatic carbocycles. The van der Waals surface area contributed by atoms with E-state index in [0.29, 0.717) is 35.1 Å². The number of hydrogen-bond donors (Lipinski definition) is 2. The van der Waals surface area contributed by atoms with Crippen molar-refractivity contribution in [2.75, 3.05) is 23.3 Å². The first-order valence-corrected chi connectivity index (χ1v) is 13.1. The number of aromatic nitrogens is 1. The lowest BCUT2D eigenvalue weighted by molar-refractivity contribution is -0.274. The van der Waals surface area contributed by atoms with Crippen LogP contribution in [0.15, 0.2) is 53.1 Å². The van der Waals surface area contributed by atoms with Crippen molar-refractivity contribution in [3.8, 4) is 23.1 Å². The lowest BCUT2D eigenvalue weighted by Gasteiger charge is -2.40. The molecular weight excluding hydrogens is 514 g/mol. The molecule has 1 aliphatic heterocycles. The fourth-order valence-corrected chi connectivity index (χ4v) is 5.42. The summed E-state index contributed by atoms with van der Waals surface area (Å²) in [5, 5.41) is 16.2. The standard InChI is InChI=1S/C28H29F4N5O2/c29-22-14-18(15-33)7-12-25(22)37-13-3-4-20(17-37)35-23-5-1-2-6-24(23)36-27-34-16-26(38-27)19-8-10-21(11-9-19)39-28(30,31)32/h7-12,14,16,20,23-24,35H,1-6,13,17H2,(H,34,36)/t20?,23-,24-/m1/s1. The molecule has 11 heteroatoms. The molecule has 1 aromatic heterocycles. The number of anilines is 2. The molecule has 3 aromatic rings. The molecule has 2 aliphatic rings. The zero-order valence-corrected chi connectivity index (χ0v) is 21.2. The number of oxazole rings is 1. The van der Waals surface area contributed by atoms with Crippen LogP contribution in [-0.2, 0) is 0 Å². The molecule has 0 spiro atoms. The highest BCUT2D eigenvalue weighted by Crippen LogP contribution is 2.30. The fraction of sp³-hybridized carbons (Fsp3) is 0.429. The lowest BCUT2D eigenvalue weighted by Crippen LogP contribution is -2.55. The minimum absolute atomic E-state index is 0.0786. The number of alkyl halides is 3. The predicted octanol–water partition coefficient (Wildman–Crippen LogP) is 6.23. The number of nitrogens with zero attached hydrogens (tertiary/aromatic N) is 3. The largest absolute Gasteiger partial charge is 0.573 e. The van der Waals surface area contributed by atoms with Gasteiger partial charge in [-0.05, 0) is 68.1 Å². The topological polar surface area (TPSA) is 86.4 Å². The molecule has 1 saturated carbocycles. The third kappa shape index (κ3) is 6.81. The monoisotopic (exact) mass is 543 g/mol. The van der Waals surface area contributed by atoms with Crippen LogP contribution >= 0.6 is 0 Å². The lowest BCUT2D eigenvalue weighted by atomic mass is 9.89. The van der Waals surface area contributed by atoms with Gasteiger partial charge in [-0.1, -0.05) is 12.8 Å². The van der Waals surface area contributed by atoms with Gasteiger partial charge in [-0.2, -0.15) is 5.26 Å². The number of rotatable bonds is 7. The molecule has 0 amide bonds. The van der Waals surface area contributed by atoms with Crippen molar-refractivity contribution in [2.45, 2.75) is 63.0 Å². The van der Waals surface area contributed by atoms with Crippen LogP contribution in [0.4, 0.5) is 29.3 Å². The zero-order chi connectivity index (χ0) is 27.4. The average molecular weight is 544 g/mol. The summed E-state index contributed by atoms with van der Waals surface area (Å²) in [6.45, 7) is 1.43. The summed E-state index contributed by atoms with van der Waals surface area (Å²) in [4.78, 5) is 6.37. The molecule has 206 valence electrons. The smallest absolute Gasteiger partial charge is 0.424 e. The Morgan fingerprint density at radius 1 is 1.03 bits per heavy atom. The first kappa shape index (κ1) is 26.8. The van der Waals surface area contributed by atoms with Crippen molar-refractivity contribution in [3.63, 3.8) is 0 Å². The summed E-state index contributed by atoms with van der Waals surface area (Å²) in [5.41, 5.74) is 1.41. The van der Waals surface area contributed by atoms with Gasteiger partial charge in [-0.15, -0.1) is 13.2 Å². The van der Waals surface area contributed by atoms with Crippen LogP contribution in [0.1, 0.15) is 44.1 Å². The van der Waals surface area contributed by atoms with E-state index in [0.717, 1.165) is 45.1 Å². The van der Waals surface area contributed by atoms with E-state index in [2.05, 4.69) is 20.4 Å². The molecule has 1 unspecified atom stereocenters. The molecule has 5 rings (SSSR count). The Labute approximate surface area is 223 Å². The number of ether oxygens (including phenoxy) is 1. The maximum absolute atomic E-state index is 14.6. The van der Waals surface area contributed by atoms with Crippen LogP contribution in [0.25, 0.3) is 11.3 Å². The molecule has 0 radical (unpaired) electrons. The van der Waals surface area contributed by atoms with Crippen molar-refractivity contribution in [3.05, 3.63) is 60.0 Å². The highest BCUT2D eigenvalue weighted by Gasteiger charge is 2.32. The molecule has 2 fully saturated rings. The SMILES string of the molecule is N#Cc1ccc(N2CCCC(N[C@@H]3CCCC[C@H]3Nc3ncc(-c4ccc(OC(F)(F)F)cc4)o3)C2)c(F)c1. The Morgan fingerprint density at radius 3 is 2.51 bits per heavy atom. The van der Waals surface area contributed by atoms with Gasteiger partial charge in [0.15, 0.2) is 5.76 Å². The zero-order valence-electron chi connectivity index (χ0n) is 21.2. The Kier molecular flexibility index (Phi) is 7.93. The van der Waals surface area contributed by atoms with E-state index in [1.54, 1.807) is 18.3 Å². The van der Waals surface area contributed by atoms with E-state index in [9.17, 15) is 17.6 Å². The minimum atomic E-state index is -4.74. The van der Waals surface area contributed by atoms with Gasteiger partial charge in [0.05, 0.1) is 23.5 Å². The molecule has 2 heterocycles.